The summed E-state index contributed by atoms with van der Waals surface area (Å²) in [6.07, 6.45) is 0. The molecule has 1 aliphatic heterocycles. The largest absolute Gasteiger partial charge is 0.506 e. The van der Waals surface area contributed by atoms with Gasteiger partial charge in [0.15, 0.2) is 0 Å². The molecule has 0 N–H and O–H groups in total. The fourth-order valence-electron chi connectivity index (χ4n) is 2.50. The van der Waals surface area contributed by atoms with E-state index in [2.05, 4.69) is 11.5 Å². The van der Waals surface area contributed by atoms with Crippen molar-refractivity contribution in [3.63, 3.8) is 0 Å². The van der Waals surface area contributed by atoms with Crippen LogP contribution in [0.25, 0.3) is 0 Å². The predicted molar refractivity (Wildman–Crippen MR) is 76.5 cm³/mol. The number of nitrogens with zero attached hydrogens (tertiary/aromatic N) is 2. The van der Waals surface area contributed by atoms with Crippen molar-refractivity contribution < 1.29 is 12.9 Å². The third-order valence-corrected chi connectivity index (χ3v) is 3.75. The number of rotatable bonds is 4. The first-order valence-electron chi connectivity index (χ1n) is 6.73. The van der Waals surface area contributed by atoms with E-state index < -0.39 is 12.4 Å². The van der Waals surface area contributed by atoms with Gasteiger partial charge in [0.1, 0.15) is 0 Å². The number of piperazine rings is 1. The van der Waals surface area contributed by atoms with Crippen LogP contribution in [0.15, 0.2) is 42.4 Å². The Morgan fingerprint density at radius 1 is 1.25 bits per heavy atom. The lowest BCUT2D eigenvalue weighted by molar-refractivity contribution is 0.0991. The zero-order valence-electron chi connectivity index (χ0n) is 11.6. The highest BCUT2D eigenvalue weighted by Gasteiger charge is 2.32. The molecule has 1 atom stereocenters. The topological polar surface area (TPSA) is 6.48 Å². The lowest BCUT2D eigenvalue weighted by Crippen LogP contribution is -2.48. The smallest absolute Gasteiger partial charge is 0.445 e. The SMILES string of the molecule is C=C(CN1CCN(C)CC1c1ccccc1)[B-](F)(F)F. The summed E-state index contributed by atoms with van der Waals surface area (Å²) >= 11 is 0. The third-order valence-electron chi connectivity index (χ3n) is 3.75. The van der Waals surface area contributed by atoms with Gasteiger partial charge in [0.25, 0.3) is 0 Å². The highest BCUT2D eigenvalue weighted by atomic mass is 19.4. The quantitative estimate of drug-likeness (QED) is 0.784. The van der Waals surface area contributed by atoms with Crippen LogP contribution in [-0.4, -0.2) is 50.0 Å². The molecule has 0 aliphatic carbocycles. The average Bonchev–Trinajstić information content (AvgIpc) is 2.40. The summed E-state index contributed by atoms with van der Waals surface area (Å²) in [6.45, 7) is 0.301. The Morgan fingerprint density at radius 3 is 2.50 bits per heavy atom. The van der Waals surface area contributed by atoms with Crippen LogP contribution in [0.1, 0.15) is 11.6 Å². The number of likely N-dealkylation sites (N-methyl/N-ethyl adjacent to an activating group) is 1. The van der Waals surface area contributed by atoms with E-state index in [0.717, 1.165) is 18.7 Å². The summed E-state index contributed by atoms with van der Waals surface area (Å²) < 4.78 is 38.2. The van der Waals surface area contributed by atoms with Crippen molar-refractivity contribution in [1.82, 2.24) is 9.80 Å². The third kappa shape index (κ3) is 3.64. The maximum Gasteiger partial charge on any atom is 0.506 e. The molecule has 20 heavy (non-hydrogen) atoms. The lowest BCUT2D eigenvalue weighted by Gasteiger charge is -2.41. The summed E-state index contributed by atoms with van der Waals surface area (Å²) in [5.74, 6) is 0. The molecule has 1 aromatic rings. The number of benzene rings is 1. The molecule has 0 saturated carbocycles. The molecule has 1 unspecified atom stereocenters. The zero-order chi connectivity index (χ0) is 14.8. The van der Waals surface area contributed by atoms with Crippen molar-refractivity contribution in [2.24, 2.45) is 0 Å². The highest BCUT2D eigenvalue weighted by Crippen LogP contribution is 2.28. The van der Waals surface area contributed by atoms with Crippen LogP contribution < -0.4 is 0 Å². The molecular weight excluding hydrogens is 264 g/mol. The van der Waals surface area contributed by atoms with Crippen molar-refractivity contribution in [3.8, 4) is 0 Å². The Labute approximate surface area is 117 Å². The minimum atomic E-state index is -4.96. The summed E-state index contributed by atoms with van der Waals surface area (Å²) in [4.78, 5) is 4.03. The van der Waals surface area contributed by atoms with Gasteiger partial charge >= 0.3 is 6.98 Å². The summed E-state index contributed by atoms with van der Waals surface area (Å²) in [7, 11) is 2.00. The fourth-order valence-corrected chi connectivity index (χ4v) is 2.50. The van der Waals surface area contributed by atoms with Crippen LogP contribution in [0.5, 0.6) is 0 Å². The van der Waals surface area contributed by atoms with E-state index >= 15 is 0 Å². The van der Waals surface area contributed by atoms with Crippen molar-refractivity contribution in [3.05, 3.63) is 47.9 Å². The lowest BCUT2D eigenvalue weighted by atomic mass is 9.79. The maximum absolute atomic E-state index is 12.7. The van der Waals surface area contributed by atoms with Crippen LogP contribution >= 0.6 is 0 Å². The van der Waals surface area contributed by atoms with Gasteiger partial charge in [-0.25, -0.2) is 0 Å². The van der Waals surface area contributed by atoms with E-state index in [9.17, 15) is 12.9 Å². The van der Waals surface area contributed by atoms with E-state index in [4.69, 9.17) is 0 Å². The summed E-state index contributed by atoms with van der Waals surface area (Å²) in [6, 6.07) is 9.69. The van der Waals surface area contributed by atoms with Crippen molar-refractivity contribution in [2.45, 2.75) is 6.04 Å². The van der Waals surface area contributed by atoms with Gasteiger partial charge in [-0.2, -0.15) is 0 Å². The van der Waals surface area contributed by atoms with Gasteiger partial charge in [-0.05, 0) is 19.2 Å². The minimum absolute atomic E-state index is 0.00940. The molecule has 1 heterocycles. The molecule has 1 fully saturated rings. The fraction of sp³-hybridized carbons (Fsp3) is 0.429. The Morgan fingerprint density at radius 2 is 1.90 bits per heavy atom. The van der Waals surface area contributed by atoms with E-state index in [1.165, 1.54) is 0 Å². The van der Waals surface area contributed by atoms with Gasteiger partial charge in [-0.1, -0.05) is 30.3 Å². The molecule has 6 heteroatoms. The van der Waals surface area contributed by atoms with Crippen molar-refractivity contribution in [1.29, 1.82) is 0 Å². The molecule has 0 radical (unpaired) electrons. The predicted octanol–water partition coefficient (Wildman–Crippen LogP) is 2.92. The van der Waals surface area contributed by atoms with Gasteiger partial charge in [0.2, 0.25) is 0 Å². The second-order valence-corrected chi connectivity index (χ2v) is 5.39. The summed E-state index contributed by atoms with van der Waals surface area (Å²) in [5, 5.41) is 0. The molecule has 1 saturated heterocycles. The van der Waals surface area contributed by atoms with Crippen molar-refractivity contribution in [2.75, 3.05) is 33.2 Å². The number of hydrogen-bond acceptors (Lipinski definition) is 2. The molecule has 110 valence electrons. The van der Waals surface area contributed by atoms with Crippen molar-refractivity contribution >= 4 is 6.98 Å². The average molecular weight is 283 g/mol. The standard InChI is InChI=1S/C14H19BF3N2/c1-12(15(16,17)18)10-20-9-8-19(2)11-14(20)13-6-4-3-5-7-13/h3-7,14H,1,8-11H2,2H3/q-1. The van der Waals surface area contributed by atoms with E-state index in [-0.39, 0.29) is 12.6 Å². The Bertz CT molecular complexity index is 461. The van der Waals surface area contributed by atoms with Gasteiger partial charge in [0, 0.05) is 25.7 Å². The first-order valence-corrected chi connectivity index (χ1v) is 6.73. The Kier molecular flexibility index (Phi) is 4.55. The monoisotopic (exact) mass is 283 g/mol. The molecule has 2 rings (SSSR count). The maximum atomic E-state index is 12.7. The van der Waals surface area contributed by atoms with Crippen LogP contribution in [-0.2, 0) is 0 Å². The van der Waals surface area contributed by atoms with Crippen LogP contribution in [0.4, 0.5) is 12.9 Å². The Hall–Kier alpha value is -1.27. The van der Waals surface area contributed by atoms with Gasteiger partial charge in [-0.15, -0.1) is 12.1 Å². The van der Waals surface area contributed by atoms with E-state index in [0.29, 0.717) is 6.54 Å². The molecule has 0 amide bonds. The summed E-state index contributed by atoms with van der Waals surface area (Å²) in [5.41, 5.74) is 0.442. The van der Waals surface area contributed by atoms with Gasteiger partial charge < -0.3 is 17.8 Å². The first-order chi connectivity index (χ1) is 9.38. The molecular formula is C14H19BF3N2-. The minimum Gasteiger partial charge on any atom is -0.445 e. The number of hydrogen-bond donors (Lipinski definition) is 0. The molecule has 0 aromatic heterocycles. The first kappa shape index (κ1) is 15.1. The zero-order valence-corrected chi connectivity index (χ0v) is 11.6. The second-order valence-electron chi connectivity index (χ2n) is 5.39. The molecule has 2 nitrogen and oxygen atoms in total. The molecule has 1 aliphatic rings. The van der Waals surface area contributed by atoms with Gasteiger partial charge in [-0.3, -0.25) is 4.90 Å². The van der Waals surface area contributed by atoms with Gasteiger partial charge in [0.05, 0.1) is 0 Å². The highest BCUT2D eigenvalue weighted by molar-refractivity contribution is 6.66. The number of halogens is 3. The molecule has 0 spiro atoms. The Balaban J connectivity index is 2.15. The molecule has 1 aromatic carbocycles. The van der Waals surface area contributed by atoms with Crippen LogP contribution in [0, 0.1) is 0 Å². The van der Waals surface area contributed by atoms with E-state index in [1.54, 1.807) is 0 Å². The van der Waals surface area contributed by atoms with E-state index in [1.807, 2.05) is 42.3 Å². The normalized spacial score (nSPS) is 21.9. The molecule has 0 bridgehead atoms. The van der Waals surface area contributed by atoms with Crippen LogP contribution in [0.3, 0.4) is 0 Å². The van der Waals surface area contributed by atoms with Crippen LogP contribution in [0.2, 0.25) is 0 Å². The second kappa shape index (κ2) is 6.02.